The van der Waals surface area contributed by atoms with E-state index in [1.54, 1.807) is 0 Å². The fraction of sp³-hybridized carbons (Fsp3) is 0. The third-order valence-electron chi connectivity index (χ3n) is 9.18. The van der Waals surface area contributed by atoms with E-state index in [2.05, 4.69) is 191 Å². The lowest BCUT2D eigenvalue weighted by Gasteiger charge is -2.21. The van der Waals surface area contributed by atoms with Crippen LogP contribution in [0.2, 0.25) is 0 Å². The summed E-state index contributed by atoms with van der Waals surface area (Å²) in [6.07, 6.45) is 2.20. The maximum atomic E-state index is 5.31. The van der Waals surface area contributed by atoms with Crippen molar-refractivity contribution in [2.45, 2.75) is 0 Å². The van der Waals surface area contributed by atoms with Crippen LogP contribution in [0.25, 0.3) is 78.1 Å². The lowest BCUT2D eigenvalue weighted by atomic mass is 9.94. The third kappa shape index (κ3) is 4.64. The molecule has 9 rings (SSSR count). The van der Waals surface area contributed by atoms with Gasteiger partial charge in [0, 0.05) is 44.8 Å². The van der Waals surface area contributed by atoms with Crippen LogP contribution in [0.5, 0.6) is 0 Å². The molecule has 0 atom stereocenters. The Kier molecular flexibility index (Phi) is 6.80. The van der Waals surface area contributed by atoms with Crippen LogP contribution < -0.4 is 0 Å². The van der Waals surface area contributed by atoms with Crippen molar-refractivity contribution >= 4 is 21.8 Å². The molecular weight excluding hydrogens is 583 g/mol. The molecule has 0 aliphatic heterocycles. The van der Waals surface area contributed by atoms with Gasteiger partial charge in [0.25, 0.3) is 0 Å². The molecule has 0 radical (unpaired) electrons. The van der Waals surface area contributed by atoms with Gasteiger partial charge in [0.15, 0.2) is 0 Å². The van der Waals surface area contributed by atoms with Crippen molar-refractivity contribution in [1.29, 1.82) is 0 Å². The zero-order chi connectivity index (χ0) is 31.9. The summed E-state index contributed by atoms with van der Waals surface area (Å²) < 4.78 is 4.72. The Morgan fingerprint density at radius 3 is 1.54 bits per heavy atom. The molecular formula is C45H31N3. The average Bonchev–Trinajstić information content (AvgIpc) is 3.76. The first kappa shape index (κ1) is 27.8. The molecule has 2 heterocycles. The molecule has 48 heavy (non-hydrogen) atoms. The van der Waals surface area contributed by atoms with Crippen LogP contribution in [0.3, 0.4) is 0 Å². The van der Waals surface area contributed by atoms with Gasteiger partial charge in [0.05, 0.1) is 28.1 Å². The Morgan fingerprint density at radius 1 is 0.375 bits per heavy atom. The lowest BCUT2D eigenvalue weighted by Crippen LogP contribution is -2.04. The largest absolute Gasteiger partial charge is 0.309 e. The van der Waals surface area contributed by atoms with Gasteiger partial charge < -0.3 is 4.57 Å². The second-order valence-corrected chi connectivity index (χ2v) is 12.0. The molecule has 0 spiro atoms. The monoisotopic (exact) mass is 613 g/mol. The molecule has 0 bridgehead atoms. The molecule has 0 N–H and O–H groups in total. The van der Waals surface area contributed by atoms with Crippen molar-refractivity contribution in [3.8, 4) is 56.3 Å². The van der Waals surface area contributed by atoms with Crippen LogP contribution in [0, 0.1) is 0 Å². The maximum Gasteiger partial charge on any atom is 0.145 e. The quantitative estimate of drug-likeness (QED) is 0.183. The van der Waals surface area contributed by atoms with E-state index in [1.165, 1.54) is 21.8 Å². The second kappa shape index (κ2) is 11.7. The van der Waals surface area contributed by atoms with Crippen molar-refractivity contribution < 1.29 is 0 Å². The van der Waals surface area contributed by atoms with Crippen LogP contribution in [0.4, 0.5) is 0 Å². The van der Waals surface area contributed by atoms with Gasteiger partial charge in [-0.05, 0) is 23.8 Å². The number of fused-ring (bicyclic) bond motifs is 3. The predicted molar refractivity (Wildman–Crippen MR) is 200 cm³/mol. The predicted octanol–water partition coefficient (Wildman–Crippen LogP) is 11.6. The van der Waals surface area contributed by atoms with Gasteiger partial charge in [-0.15, -0.1) is 0 Å². The van der Waals surface area contributed by atoms with Crippen LogP contribution in [0.1, 0.15) is 0 Å². The highest BCUT2D eigenvalue weighted by Crippen LogP contribution is 2.42. The SMILES string of the molecule is c1ccc(-c2cn(-c3c(-c4ccccc4)cccc3-c3ccccc3-n3c4ccccc4c4ccccc43)c(-c3ccccc3)n2)cc1. The Bertz CT molecular complexity index is 2490. The van der Waals surface area contributed by atoms with Gasteiger partial charge >= 0.3 is 0 Å². The molecule has 9 aromatic rings. The van der Waals surface area contributed by atoms with Crippen molar-refractivity contribution in [2.75, 3.05) is 0 Å². The highest BCUT2D eigenvalue weighted by molar-refractivity contribution is 6.10. The molecule has 0 aliphatic rings. The summed E-state index contributed by atoms with van der Waals surface area (Å²) in [5, 5.41) is 2.49. The van der Waals surface area contributed by atoms with Crippen LogP contribution in [-0.2, 0) is 0 Å². The van der Waals surface area contributed by atoms with Gasteiger partial charge in [-0.2, -0.15) is 0 Å². The summed E-state index contributed by atoms with van der Waals surface area (Å²) in [5.74, 6) is 0.897. The van der Waals surface area contributed by atoms with Gasteiger partial charge in [-0.3, -0.25) is 4.57 Å². The molecule has 0 saturated heterocycles. The van der Waals surface area contributed by atoms with Gasteiger partial charge in [0.2, 0.25) is 0 Å². The molecule has 226 valence electrons. The van der Waals surface area contributed by atoms with Gasteiger partial charge in [-0.25, -0.2) is 4.98 Å². The van der Waals surface area contributed by atoms with E-state index in [1.807, 2.05) is 6.07 Å². The maximum absolute atomic E-state index is 5.31. The summed E-state index contributed by atoms with van der Waals surface area (Å²) in [7, 11) is 0. The molecule has 0 aliphatic carbocycles. The normalized spacial score (nSPS) is 11.3. The van der Waals surface area contributed by atoms with Crippen LogP contribution in [0.15, 0.2) is 188 Å². The molecule has 3 nitrogen and oxygen atoms in total. The fourth-order valence-corrected chi connectivity index (χ4v) is 7.04. The summed E-state index contributed by atoms with van der Waals surface area (Å²) in [4.78, 5) is 5.31. The third-order valence-corrected chi connectivity index (χ3v) is 9.18. The Morgan fingerprint density at radius 2 is 0.875 bits per heavy atom. The Balaban J connectivity index is 1.38. The number of hydrogen-bond donors (Lipinski definition) is 0. The van der Waals surface area contributed by atoms with E-state index < -0.39 is 0 Å². The van der Waals surface area contributed by atoms with Crippen molar-refractivity contribution in [3.05, 3.63) is 188 Å². The molecule has 0 saturated carbocycles. The number of imidazole rings is 1. The minimum atomic E-state index is 0.897. The average molecular weight is 614 g/mol. The standard InChI is InChI=1S/C45H31N3/c1-4-17-32(18-5-1)35-26-16-27-39(44(35)47-31-40(33-19-6-2-7-20-33)46-45(47)34-21-8-3-9-22-34)38-25-12-15-30-43(38)48-41-28-13-10-23-36(41)37-24-11-14-29-42(37)48/h1-31H. The fourth-order valence-electron chi connectivity index (χ4n) is 7.04. The second-order valence-electron chi connectivity index (χ2n) is 12.0. The van der Waals surface area contributed by atoms with Crippen LogP contribution in [-0.4, -0.2) is 14.1 Å². The van der Waals surface area contributed by atoms with Gasteiger partial charge in [0.1, 0.15) is 5.82 Å². The summed E-state index contributed by atoms with van der Waals surface area (Å²) in [5.41, 5.74) is 12.2. The molecule has 7 aromatic carbocycles. The first-order valence-electron chi connectivity index (χ1n) is 16.3. The van der Waals surface area contributed by atoms with Crippen molar-refractivity contribution in [2.24, 2.45) is 0 Å². The molecule has 3 heteroatoms. The molecule has 0 fully saturated rings. The highest BCUT2D eigenvalue weighted by Gasteiger charge is 2.22. The smallest absolute Gasteiger partial charge is 0.145 e. The summed E-state index contributed by atoms with van der Waals surface area (Å²) in [6.45, 7) is 0. The number of benzene rings is 7. The topological polar surface area (TPSA) is 22.8 Å². The summed E-state index contributed by atoms with van der Waals surface area (Å²) in [6, 6.07) is 64.5. The molecule has 0 amide bonds. The lowest BCUT2D eigenvalue weighted by molar-refractivity contribution is 1.07. The van der Waals surface area contributed by atoms with E-state index in [0.717, 1.165) is 56.3 Å². The summed E-state index contributed by atoms with van der Waals surface area (Å²) >= 11 is 0. The highest BCUT2D eigenvalue weighted by atomic mass is 15.1. The number of rotatable bonds is 6. The zero-order valence-corrected chi connectivity index (χ0v) is 26.2. The first-order valence-corrected chi connectivity index (χ1v) is 16.3. The van der Waals surface area contributed by atoms with E-state index in [9.17, 15) is 0 Å². The first-order chi connectivity index (χ1) is 23.8. The minimum Gasteiger partial charge on any atom is -0.309 e. The minimum absolute atomic E-state index is 0.897. The number of para-hydroxylation sites is 4. The van der Waals surface area contributed by atoms with Crippen molar-refractivity contribution in [3.63, 3.8) is 0 Å². The Labute approximate surface area is 279 Å². The van der Waals surface area contributed by atoms with Crippen molar-refractivity contribution in [1.82, 2.24) is 14.1 Å². The molecule has 0 unspecified atom stereocenters. The van der Waals surface area contributed by atoms with Gasteiger partial charge in [-0.1, -0.05) is 164 Å². The number of nitrogens with zero attached hydrogens (tertiary/aromatic N) is 3. The van der Waals surface area contributed by atoms with E-state index in [4.69, 9.17) is 4.98 Å². The van der Waals surface area contributed by atoms with E-state index in [-0.39, 0.29) is 0 Å². The van der Waals surface area contributed by atoms with E-state index >= 15 is 0 Å². The Hall–Kier alpha value is -6.45. The zero-order valence-electron chi connectivity index (χ0n) is 26.2. The van der Waals surface area contributed by atoms with Crippen LogP contribution >= 0.6 is 0 Å². The van der Waals surface area contributed by atoms with E-state index in [0.29, 0.717) is 0 Å². The number of aromatic nitrogens is 3. The number of hydrogen-bond acceptors (Lipinski definition) is 1. The molecule has 2 aromatic heterocycles.